The fourth-order valence-corrected chi connectivity index (χ4v) is 3.65. The lowest BCUT2D eigenvalue weighted by Gasteiger charge is -2.09. The van der Waals surface area contributed by atoms with Crippen molar-refractivity contribution >= 4 is 44.3 Å². The molecule has 0 radical (unpaired) electrons. The highest BCUT2D eigenvalue weighted by molar-refractivity contribution is 7.94. The number of hydrogen-bond donors (Lipinski definition) is 3. The van der Waals surface area contributed by atoms with E-state index in [0.29, 0.717) is 27.1 Å². The highest BCUT2D eigenvalue weighted by Crippen LogP contribution is 2.40. The Balaban J connectivity index is 2.05. The number of aryl methyl sites for hydroxylation is 1. The van der Waals surface area contributed by atoms with Crippen molar-refractivity contribution in [2.45, 2.75) is 16.7 Å². The Morgan fingerprint density at radius 2 is 1.83 bits per heavy atom. The molecule has 158 valence electrons. The number of azo groups is 1. The third kappa shape index (κ3) is 4.70. The van der Waals surface area contributed by atoms with Gasteiger partial charge in [0.05, 0.1) is 24.0 Å². The van der Waals surface area contributed by atoms with Crippen LogP contribution >= 0.6 is 12.0 Å². The van der Waals surface area contributed by atoms with E-state index in [0.717, 1.165) is 17.6 Å². The van der Waals surface area contributed by atoms with Gasteiger partial charge in [0.2, 0.25) is 0 Å². The first kappa shape index (κ1) is 22.0. The molecule has 0 heterocycles. The highest BCUT2D eigenvalue weighted by Gasteiger charge is 2.14. The third-order valence-electron chi connectivity index (χ3n) is 4.13. The van der Waals surface area contributed by atoms with E-state index in [1.807, 2.05) is 0 Å². The number of methoxy groups -OCH3 is 1. The molecule has 0 amide bonds. The molecule has 0 unspecified atom stereocenters. The molecule has 0 saturated heterocycles. The average molecular weight is 452 g/mol. The van der Waals surface area contributed by atoms with E-state index >= 15 is 0 Å². The maximum Gasteiger partial charge on any atom is 0.294 e. The molecular formula is C18H16N2O8S2. The lowest BCUT2D eigenvalue weighted by atomic mass is 10.1. The summed E-state index contributed by atoms with van der Waals surface area (Å²) in [6.45, 7) is 1.77. The zero-order valence-corrected chi connectivity index (χ0v) is 17.3. The molecule has 3 rings (SSSR count). The van der Waals surface area contributed by atoms with Crippen molar-refractivity contribution in [2.24, 2.45) is 10.2 Å². The molecule has 3 aromatic carbocycles. The number of phenolic OH excluding ortho intramolecular Hbond substituents is 1. The van der Waals surface area contributed by atoms with Gasteiger partial charge >= 0.3 is 0 Å². The van der Waals surface area contributed by atoms with Crippen LogP contribution in [0.25, 0.3) is 10.8 Å². The van der Waals surface area contributed by atoms with E-state index in [1.54, 1.807) is 19.1 Å². The van der Waals surface area contributed by atoms with Gasteiger partial charge < -0.3 is 9.84 Å². The van der Waals surface area contributed by atoms with Gasteiger partial charge in [0, 0.05) is 10.3 Å². The van der Waals surface area contributed by atoms with Crippen LogP contribution in [0, 0.1) is 6.92 Å². The number of ether oxygens (including phenoxy) is 1. The van der Waals surface area contributed by atoms with Gasteiger partial charge in [-0.1, -0.05) is 17.2 Å². The van der Waals surface area contributed by atoms with Crippen LogP contribution in [0.15, 0.2) is 62.5 Å². The third-order valence-corrected chi connectivity index (χ3v) is 5.73. The van der Waals surface area contributed by atoms with E-state index in [4.69, 9.17) is 9.99 Å². The molecule has 10 nitrogen and oxygen atoms in total. The zero-order valence-electron chi connectivity index (χ0n) is 15.6. The number of phenols is 1. The lowest BCUT2D eigenvalue weighted by Crippen LogP contribution is -1.97. The Morgan fingerprint density at radius 3 is 2.50 bits per heavy atom. The van der Waals surface area contributed by atoms with Crippen LogP contribution in [0.1, 0.15) is 5.56 Å². The van der Waals surface area contributed by atoms with Crippen molar-refractivity contribution in [3.63, 3.8) is 0 Å². The molecule has 0 aliphatic rings. The molecule has 3 aromatic rings. The minimum Gasteiger partial charge on any atom is -0.506 e. The summed E-state index contributed by atoms with van der Waals surface area (Å²) in [4.78, 5) is 0.327. The summed E-state index contributed by atoms with van der Waals surface area (Å²) < 4.78 is 41.7. The molecule has 30 heavy (non-hydrogen) atoms. The first-order chi connectivity index (χ1) is 14.2. The topological polar surface area (TPSA) is 147 Å². The number of benzene rings is 3. The predicted molar refractivity (Wildman–Crippen MR) is 108 cm³/mol. The SMILES string of the molecule is COc1cc(SOOO)c(C)cc1N=Nc1c(O)ccc2cc(S(=O)(=O)O)ccc12. The maximum atomic E-state index is 11.4. The van der Waals surface area contributed by atoms with Crippen LogP contribution < -0.4 is 4.74 Å². The second-order valence-corrected chi connectivity index (χ2v) is 8.17. The Hall–Kier alpha value is -2.74. The van der Waals surface area contributed by atoms with Gasteiger partial charge in [-0.3, -0.25) is 4.55 Å². The van der Waals surface area contributed by atoms with E-state index in [2.05, 4.69) is 19.6 Å². The van der Waals surface area contributed by atoms with Gasteiger partial charge in [-0.05, 0) is 48.2 Å². The van der Waals surface area contributed by atoms with Crippen molar-refractivity contribution in [3.8, 4) is 11.5 Å². The summed E-state index contributed by atoms with van der Waals surface area (Å²) in [5.41, 5.74) is 1.20. The van der Waals surface area contributed by atoms with Crippen molar-refractivity contribution in [1.29, 1.82) is 0 Å². The van der Waals surface area contributed by atoms with Crippen LogP contribution in [0.3, 0.4) is 0 Å². The van der Waals surface area contributed by atoms with E-state index in [9.17, 15) is 18.1 Å². The predicted octanol–water partition coefficient (Wildman–Crippen LogP) is 4.95. The smallest absolute Gasteiger partial charge is 0.294 e. The maximum absolute atomic E-state index is 11.4. The normalized spacial score (nSPS) is 12.0. The van der Waals surface area contributed by atoms with E-state index < -0.39 is 10.1 Å². The second-order valence-electron chi connectivity index (χ2n) is 6.01. The lowest BCUT2D eigenvalue weighted by molar-refractivity contribution is -0.432. The summed E-state index contributed by atoms with van der Waals surface area (Å²) in [5.74, 6) is 0.184. The number of aromatic hydroxyl groups is 1. The summed E-state index contributed by atoms with van der Waals surface area (Å²) in [6, 6.07) is 10.00. The van der Waals surface area contributed by atoms with Gasteiger partial charge in [-0.25, -0.2) is 5.26 Å². The first-order valence-corrected chi connectivity index (χ1v) is 10.4. The number of fused-ring (bicyclic) bond motifs is 1. The molecule has 0 saturated carbocycles. The fraction of sp³-hybridized carbons (Fsp3) is 0.111. The quantitative estimate of drug-likeness (QED) is 0.149. The van der Waals surface area contributed by atoms with E-state index in [-0.39, 0.29) is 16.3 Å². The van der Waals surface area contributed by atoms with Crippen LogP contribution in [0.5, 0.6) is 11.5 Å². The van der Waals surface area contributed by atoms with Crippen LogP contribution in [0.4, 0.5) is 11.4 Å². The largest absolute Gasteiger partial charge is 0.506 e. The monoisotopic (exact) mass is 452 g/mol. The second kappa shape index (κ2) is 8.95. The van der Waals surface area contributed by atoms with Crippen molar-refractivity contribution in [1.82, 2.24) is 0 Å². The van der Waals surface area contributed by atoms with E-state index in [1.165, 1.54) is 37.4 Å². The Labute approximate surface area is 175 Å². The number of nitrogens with zero attached hydrogens (tertiary/aromatic N) is 2. The summed E-state index contributed by atoms with van der Waals surface area (Å²) in [5, 5.41) is 31.3. The standard InChI is InChI=1S/C18H16N2O8S2/c1-10-7-14(16(26-2)9-17(10)29-28-27-22)19-20-18-13-5-4-12(30(23,24)25)8-11(13)3-6-15(18)21/h3-9,21-22H,1-2H3,(H,23,24,25). The number of hydrogen-bond acceptors (Lipinski definition) is 10. The average Bonchev–Trinajstić information content (AvgIpc) is 2.71. The minimum absolute atomic E-state index is 0.115. The van der Waals surface area contributed by atoms with Gasteiger partial charge in [0.1, 0.15) is 22.9 Å². The molecule has 0 aliphatic carbocycles. The Bertz CT molecular complexity index is 1230. The van der Waals surface area contributed by atoms with Crippen LogP contribution in [0.2, 0.25) is 0 Å². The van der Waals surface area contributed by atoms with Crippen molar-refractivity contribution in [2.75, 3.05) is 7.11 Å². The Morgan fingerprint density at radius 1 is 1.07 bits per heavy atom. The Kier molecular flexibility index (Phi) is 6.55. The summed E-state index contributed by atoms with van der Waals surface area (Å²) in [6.07, 6.45) is 0. The van der Waals surface area contributed by atoms with Gasteiger partial charge in [-0.15, -0.1) is 14.6 Å². The molecular weight excluding hydrogens is 436 g/mol. The molecule has 0 bridgehead atoms. The van der Waals surface area contributed by atoms with Crippen molar-refractivity contribution < 1.29 is 37.4 Å². The first-order valence-electron chi connectivity index (χ1n) is 8.23. The molecule has 0 spiro atoms. The zero-order chi connectivity index (χ0) is 21.9. The summed E-state index contributed by atoms with van der Waals surface area (Å²) in [7, 11) is -2.93. The molecule has 3 N–H and O–H groups in total. The van der Waals surface area contributed by atoms with Crippen LogP contribution in [-0.2, 0) is 19.5 Å². The fourth-order valence-electron chi connectivity index (χ4n) is 2.69. The molecule has 0 aliphatic heterocycles. The summed E-state index contributed by atoms with van der Waals surface area (Å²) >= 11 is 0.773. The molecule has 0 aromatic heterocycles. The molecule has 0 atom stereocenters. The molecule has 0 fully saturated rings. The van der Waals surface area contributed by atoms with Crippen LogP contribution in [-0.4, -0.2) is 30.4 Å². The minimum atomic E-state index is -4.37. The highest BCUT2D eigenvalue weighted by atomic mass is 32.2. The number of rotatable bonds is 7. The van der Waals surface area contributed by atoms with Gasteiger partial charge in [0.15, 0.2) is 0 Å². The van der Waals surface area contributed by atoms with Gasteiger partial charge in [0.25, 0.3) is 10.1 Å². The molecule has 12 heteroatoms. The van der Waals surface area contributed by atoms with Crippen molar-refractivity contribution in [3.05, 3.63) is 48.0 Å². The van der Waals surface area contributed by atoms with Gasteiger partial charge in [-0.2, -0.15) is 8.42 Å².